The molecule has 0 saturated heterocycles. The molecule has 0 radical (unpaired) electrons. The van der Waals surface area contributed by atoms with Crippen molar-refractivity contribution in [1.29, 1.82) is 0 Å². The summed E-state index contributed by atoms with van der Waals surface area (Å²) in [6, 6.07) is 11.3. The van der Waals surface area contributed by atoms with E-state index in [0.717, 1.165) is 17.7 Å². The van der Waals surface area contributed by atoms with Gasteiger partial charge in [-0.25, -0.2) is 0 Å². The smallest absolute Gasteiger partial charge is 0.320 e. The summed E-state index contributed by atoms with van der Waals surface area (Å²) in [5.74, 6) is 0. The largest absolute Gasteiger partial charge is 0.416 e. The SMILES string of the molecule is N[C@@H](c1ccc(Cl)cc1)c1ccc(C(F)(F)F)cc1. The topological polar surface area (TPSA) is 26.0 Å². The summed E-state index contributed by atoms with van der Waals surface area (Å²) in [6.45, 7) is 0. The number of alkyl halides is 3. The number of benzene rings is 2. The van der Waals surface area contributed by atoms with Gasteiger partial charge in [0.15, 0.2) is 0 Å². The molecule has 1 nitrogen and oxygen atoms in total. The fourth-order valence-electron chi connectivity index (χ4n) is 1.74. The van der Waals surface area contributed by atoms with E-state index in [1.807, 2.05) is 0 Å². The first-order valence-corrected chi connectivity index (χ1v) is 5.94. The van der Waals surface area contributed by atoms with Crippen LogP contribution in [0.3, 0.4) is 0 Å². The van der Waals surface area contributed by atoms with Crippen LogP contribution in [-0.4, -0.2) is 0 Å². The van der Waals surface area contributed by atoms with E-state index < -0.39 is 17.8 Å². The summed E-state index contributed by atoms with van der Waals surface area (Å²) < 4.78 is 37.3. The van der Waals surface area contributed by atoms with Crippen molar-refractivity contribution in [2.75, 3.05) is 0 Å². The van der Waals surface area contributed by atoms with Crippen LogP contribution < -0.4 is 5.73 Å². The van der Waals surface area contributed by atoms with Crippen LogP contribution in [0.2, 0.25) is 5.02 Å². The van der Waals surface area contributed by atoms with Crippen molar-refractivity contribution < 1.29 is 13.2 Å². The first-order chi connectivity index (χ1) is 8.88. The Morgan fingerprint density at radius 3 is 1.68 bits per heavy atom. The normalized spacial score (nSPS) is 13.3. The summed E-state index contributed by atoms with van der Waals surface area (Å²) >= 11 is 5.77. The molecule has 0 aromatic heterocycles. The molecule has 2 aromatic carbocycles. The Hall–Kier alpha value is -1.52. The fourth-order valence-corrected chi connectivity index (χ4v) is 1.87. The van der Waals surface area contributed by atoms with E-state index in [1.54, 1.807) is 24.3 Å². The summed E-state index contributed by atoms with van der Waals surface area (Å²) in [5.41, 5.74) is 6.74. The highest BCUT2D eigenvalue weighted by Crippen LogP contribution is 2.30. The van der Waals surface area contributed by atoms with Crippen molar-refractivity contribution in [3.05, 3.63) is 70.2 Å². The number of halogens is 4. The molecular weight excluding hydrogens is 275 g/mol. The summed E-state index contributed by atoms with van der Waals surface area (Å²) in [5, 5.41) is 0.586. The predicted molar refractivity (Wildman–Crippen MR) is 68.9 cm³/mol. The van der Waals surface area contributed by atoms with Gasteiger partial charge in [0, 0.05) is 5.02 Å². The van der Waals surface area contributed by atoms with Crippen LogP contribution in [0.4, 0.5) is 13.2 Å². The molecule has 19 heavy (non-hydrogen) atoms. The molecule has 2 aromatic rings. The molecule has 5 heteroatoms. The summed E-state index contributed by atoms with van der Waals surface area (Å²) in [6.07, 6.45) is -4.33. The van der Waals surface area contributed by atoms with Gasteiger partial charge in [0.25, 0.3) is 0 Å². The average molecular weight is 286 g/mol. The third-order valence-corrected chi connectivity index (χ3v) is 3.08. The molecule has 100 valence electrons. The number of hydrogen-bond acceptors (Lipinski definition) is 1. The maximum absolute atomic E-state index is 12.4. The van der Waals surface area contributed by atoms with Crippen LogP contribution in [0, 0.1) is 0 Å². The highest BCUT2D eigenvalue weighted by molar-refractivity contribution is 6.30. The van der Waals surface area contributed by atoms with Gasteiger partial charge >= 0.3 is 6.18 Å². The summed E-state index contributed by atoms with van der Waals surface area (Å²) in [7, 11) is 0. The van der Waals surface area contributed by atoms with E-state index in [1.165, 1.54) is 12.1 Å². The zero-order valence-corrected chi connectivity index (χ0v) is 10.5. The third-order valence-electron chi connectivity index (χ3n) is 2.83. The molecule has 2 N–H and O–H groups in total. The molecule has 0 unspecified atom stereocenters. The Bertz CT molecular complexity index is 546. The molecule has 1 atom stereocenters. The van der Waals surface area contributed by atoms with Crippen molar-refractivity contribution in [1.82, 2.24) is 0 Å². The molecule has 0 aliphatic heterocycles. The fraction of sp³-hybridized carbons (Fsp3) is 0.143. The monoisotopic (exact) mass is 285 g/mol. The van der Waals surface area contributed by atoms with Crippen LogP contribution in [0.15, 0.2) is 48.5 Å². The van der Waals surface area contributed by atoms with Crippen LogP contribution in [-0.2, 0) is 6.18 Å². The van der Waals surface area contributed by atoms with Gasteiger partial charge in [-0.05, 0) is 35.4 Å². The van der Waals surface area contributed by atoms with Gasteiger partial charge < -0.3 is 5.73 Å². The average Bonchev–Trinajstić information content (AvgIpc) is 2.38. The molecule has 2 rings (SSSR count). The van der Waals surface area contributed by atoms with E-state index in [0.29, 0.717) is 10.6 Å². The molecule has 0 amide bonds. The van der Waals surface area contributed by atoms with Crippen molar-refractivity contribution >= 4 is 11.6 Å². The molecule has 0 heterocycles. The second-order valence-corrected chi connectivity index (χ2v) is 4.59. The molecule has 0 fully saturated rings. The zero-order valence-electron chi connectivity index (χ0n) is 9.79. The van der Waals surface area contributed by atoms with Crippen LogP contribution in [0.25, 0.3) is 0 Å². The van der Waals surface area contributed by atoms with Crippen molar-refractivity contribution in [2.24, 2.45) is 5.73 Å². The van der Waals surface area contributed by atoms with E-state index in [9.17, 15) is 13.2 Å². The lowest BCUT2D eigenvalue weighted by Gasteiger charge is -2.14. The minimum absolute atomic E-state index is 0.473. The Labute approximate surface area is 113 Å². The van der Waals surface area contributed by atoms with Crippen molar-refractivity contribution in [3.63, 3.8) is 0 Å². The Kier molecular flexibility index (Phi) is 3.83. The molecule has 0 bridgehead atoms. The van der Waals surface area contributed by atoms with Crippen LogP contribution >= 0.6 is 11.6 Å². The van der Waals surface area contributed by atoms with Crippen LogP contribution in [0.5, 0.6) is 0 Å². The van der Waals surface area contributed by atoms with Gasteiger partial charge in [-0.3, -0.25) is 0 Å². The molecule has 0 aliphatic rings. The second kappa shape index (κ2) is 5.23. The van der Waals surface area contributed by atoms with Gasteiger partial charge in [-0.1, -0.05) is 35.9 Å². The third kappa shape index (κ3) is 3.28. The van der Waals surface area contributed by atoms with Gasteiger partial charge in [-0.15, -0.1) is 0 Å². The molecule has 0 spiro atoms. The molecule has 0 aliphatic carbocycles. The lowest BCUT2D eigenvalue weighted by Crippen LogP contribution is -2.12. The first-order valence-electron chi connectivity index (χ1n) is 5.56. The van der Waals surface area contributed by atoms with Crippen LogP contribution in [0.1, 0.15) is 22.7 Å². The maximum Gasteiger partial charge on any atom is 0.416 e. The van der Waals surface area contributed by atoms with E-state index >= 15 is 0 Å². The minimum Gasteiger partial charge on any atom is -0.320 e. The molecule has 0 saturated carbocycles. The van der Waals surface area contributed by atoms with E-state index in [-0.39, 0.29) is 0 Å². The quantitative estimate of drug-likeness (QED) is 0.869. The maximum atomic E-state index is 12.4. The van der Waals surface area contributed by atoms with E-state index in [2.05, 4.69) is 0 Å². The van der Waals surface area contributed by atoms with Gasteiger partial charge in [0.05, 0.1) is 11.6 Å². The Balaban J connectivity index is 2.25. The Morgan fingerprint density at radius 2 is 1.26 bits per heavy atom. The van der Waals surface area contributed by atoms with Crippen molar-refractivity contribution in [2.45, 2.75) is 12.2 Å². The van der Waals surface area contributed by atoms with E-state index in [4.69, 9.17) is 17.3 Å². The predicted octanol–water partition coefficient (Wildman–Crippen LogP) is 4.41. The van der Waals surface area contributed by atoms with Gasteiger partial charge in [-0.2, -0.15) is 13.2 Å². The first kappa shape index (κ1) is 13.9. The minimum atomic E-state index is -4.33. The number of hydrogen-bond donors (Lipinski definition) is 1. The highest BCUT2D eigenvalue weighted by Gasteiger charge is 2.30. The second-order valence-electron chi connectivity index (χ2n) is 4.15. The zero-order chi connectivity index (χ0) is 14.0. The van der Waals surface area contributed by atoms with Gasteiger partial charge in [0.2, 0.25) is 0 Å². The number of nitrogens with two attached hydrogens (primary N) is 1. The molecular formula is C14H11ClF3N. The lowest BCUT2D eigenvalue weighted by molar-refractivity contribution is -0.137. The highest BCUT2D eigenvalue weighted by atomic mass is 35.5. The Morgan fingerprint density at radius 1 is 0.842 bits per heavy atom. The summed E-state index contributed by atoms with van der Waals surface area (Å²) in [4.78, 5) is 0. The number of rotatable bonds is 2. The van der Waals surface area contributed by atoms with Crippen molar-refractivity contribution in [3.8, 4) is 0 Å². The van der Waals surface area contributed by atoms with Gasteiger partial charge in [0.1, 0.15) is 0 Å². The standard InChI is InChI=1S/C14H11ClF3N/c15-12-7-3-10(4-8-12)13(19)9-1-5-11(6-2-9)14(16,17)18/h1-8,13H,19H2/t13-/m1/s1. The lowest BCUT2D eigenvalue weighted by atomic mass is 9.98.